The number of carbonyl (C=O) groups excluding carboxylic acids is 1. The summed E-state index contributed by atoms with van der Waals surface area (Å²) in [5.74, 6) is 0.388. The molecule has 0 atom stereocenters. The highest BCUT2D eigenvalue weighted by Crippen LogP contribution is 2.18. The van der Waals surface area contributed by atoms with Crippen LogP contribution in [0.2, 0.25) is 0 Å². The van der Waals surface area contributed by atoms with E-state index in [1.165, 1.54) is 5.01 Å². The van der Waals surface area contributed by atoms with Crippen molar-refractivity contribution in [1.82, 2.24) is 9.42 Å². The molecule has 6 nitrogen and oxygen atoms in total. The van der Waals surface area contributed by atoms with Crippen molar-refractivity contribution in [1.29, 1.82) is 0 Å². The fourth-order valence-corrected chi connectivity index (χ4v) is 2.43. The van der Waals surface area contributed by atoms with Crippen LogP contribution in [-0.2, 0) is 22.2 Å². The maximum Gasteiger partial charge on any atom is 0.439 e. The second kappa shape index (κ2) is 6.03. The molecule has 1 aliphatic heterocycles. The Kier molecular flexibility index (Phi) is 4.39. The van der Waals surface area contributed by atoms with Gasteiger partial charge in [-0.05, 0) is 11.5 Å². The van der Waals surface area contributed by atoms with Crippen LogP contribution in [0.4, 0.5) is 4.79 Å². The number of hydrazine groups is 1. The van der Waals surface area contributed by atoms with Gasteiger partial charge in [0.25, 0.3) is 0 Å². The van der Waals surface area contributed by atoms with Crippen molar-refractivity contribution < 1.29 is 17.9 Å². The van der Waals surface area contributed by atoms with E-state index in [9.17, 15) is 13.2 Å². The average Bonchev–Trinajstić information content (AvgIpc) is 2.35. The lowest BCUT2D eigenvalue weighted by Gasteiger charge is -2.40. The van der Waals surface area contributed by atoms with Gasteiger partial charge in [-0.2, -0.15) is 0 Å². The van der Waals surface area contributed by atoms with Crippen molar-refractivity contribution >= 4 is 17.0 Å². The molecule has 19 heavy (non-hydrogen) atoms. The molecule has 1 aromatic carbocycles. The maximum atomic E-state index is 11.8. The second-order valence-electron chi connectivity index (χ2n) is 4.54. The molecule has 2 rings (SSSR count). The summed E-state index contributed by atoms with van der Waals surface area (Å²) in [6, 6.07) is 9.12. The Labute approximate surface area is 113 Å². The number of benzene rings is 1. The lowest BCUT2D eigenvalue weighted by molar-refractivity contribution is -0.0331. The minimum atomic E-state index is -3.01. The van der Waals surface area contributed by atoms with Crippen LogP contribution in [0.25, 0.3) is 0 Å². The van der Waals surface area contributed by atoms with E-state index < -0.39 is 17.0 Å². The van der Waals surface area contributed by atoms with Crippen LogP contribution in [0, 0.1) is 5.92 Å². The zero-order chi connectivity index (χ0) is 13.8. The summed E-state index contributed by atoms with van der Waals surface area (Å²) in [6.07, 6.45) is -0.855. The summed E-state index contributed by atoms with van der Waals surface area (Å²) < 4.78 is 27.9. The number of hydrogen-bond donors (Lipinski definition) is 1. The molecule has 0 unspecified atom stereocenters. The first-order chi connectivity index (χ1) is 9.08. The monoisotopic (exact) mass is 284 g/mol. The van der Waals surface area contributed by atoms with Crippen molar-refractivity contribution in [3.8, 4) is 0 Å². The molecule has 1 amide bonds. The molecule has 0 radical (unpaired) electrons. The van der Waals surface area contributed by atoms with E-state index in [0.29, 0.717) is 23.4 Å². The predicted molar refractivity (Wildman–Crippen MR) is 69.5 cm³/mol. The summed E-state index contributed by atoms with van der Waals surface area (Å²) in [5, 5.41) is 1.46. The quantitative estimate of drug-likeness (QED) is 0.836. The molecule has 0 N–H and O–H groups in total. The molecule has 1 fully saturated rings. The van der Waals surface area contributed by atoms with E-state index in [-0.39, 0.29) is 6.61 Å². The van der Waals surface area contributed by atoms with Gasteiger partial charge in [0, 0.05) is 13.1 Å². The van der Waals surface area contributed by atoms with E-state index in [1.54, 1.807) is 12.1 Å². The number of hydrogen-bond acceptors (Lipinski definition) is 5. The van der Waals surface area contributed by atoms with Crippen molar-refractivity contribution in [2.75, 3.05) is 13.1 Å². The van der Waals surface area contributed by atoms with Gasteiger partial charge in [0.2, 0.25) is 10.9 Å². The number of rotatable bonds is 4. The van der Waals surface area contributed by atoms with Crippen molar-refractivity contribution in [3.05, 3.63) is 35.9 Å². The van der Waals surface area contributed by atoms with Crippen molar-refractivity contribution in [3.63, 3.8) is 0 Å². The van der Waals surface area contributed by atoms with Gasteiger partial charge >= 0.3 is 6.09 Å². The minimum absolute atomic E-state index is 0.0583. The lowest BCUT2D eigenvalue weighted by Crippen LogP contribution is -2.56. The molecule has 104 valence electrons. The summed E-state index contributed by atoms with van der Waals surface area (Å²) in [4.78, 5) is 11.8. The topological polar surface area (TPSA) is 66.9 Å². The third-order valence-corrected chi connectivity index (χ3v) is 3.56. The standard InChI is InChI=1S/C12H16N2O4S/c1-10-7-13(8-10)14(19(16)17)12(15)18-9-11-5-3-2-4-6-11/h2-6,10,19H,7-9H2,1H3. The zero-order valence-corrected chi connectivity index (χ0v) is 11.5. The Morgan fingerprint density at radius 1 is 1.37 bits per heavy atom. The van der Waals surface area contributed by atoms with E-state index >= 15 is 0 Å². The molecule has 1 heterocycles. The van der Waals surface area contributed by atoms with Crippen LogP contribution in [0.3, 0.4) is 0 Å². The fourth-order valence-electron chi connectivity index (χ4n) is 1.88. The molecule has 1 saturated heterocycles. The highest BCUT2D eigenvalue weighted by molar-refractivity contribution is 7.70. The van der Waals surface area contributed by atoms with Crippen molar-refractivity contribution in [2.24, 2.45) is 5.92 Å². The van der Waals surface area contributed by atoms with Crippen LogP contribution in [0.15, 0.2) is 30.3 Å². The molecule has 0 bridgehead atoms. The van der Waals surface area contributed by atoms with Gasteiger partial charge in [-0.1, -0.05) is 37.3 Å². The Morgan fingerprint density at radius 3 is 2.53 bits per heavy atom. The van der Waals surface area contributed by atoms with E-state index in [2.05, 4.69) is 0 Å². The Morgan fingerprint density at radius 2 is 2.00 bits per heavy atom. The maximum absolute atomic E-state index is 11.8. The number of thiol groups is 1. The van der Waals surface area contributed by atoms with Gasteiger partial charge in [0.1, 0.15) is 6.61 Å². The third kappa shape index (κ3) is 3.45. The summed E-state index contributed by atoms with van der Waals surface area (Å²) in [6.45, 7) is 3.14. The van der Waals surface area contributed by atoms with Gasteiger partial charge in [0.05, 0.1) is 0 Å². The number of amides is 1. The third-order valence-electron chi connectivity index (χ3n) is 2.84. The summed E-state index contributed by atoms with van der Waals surface area (Å²) >= 11 is 0. The van der Waals surface area contributed by atoms with Gasteiger partial charge < -0.3 is 4.74 Å². The van der Waals surface area contributed by atoms with E-state index in [0.717, 1.165) is 5.56 Å². The largest absolute Gasteiger partial charge is 0.443 e. The first-order valence-corrected chi connectivity index (χ1v) is 7.11. The normalized spacial score (nSPS) is 16.1. The van der Waals surface area contributed by atoms with Crippen LogP contribution in [-0.4, -0.2) is 37.0 Å². The van der Waals surface area contributed by atoms with Crippen molar-refractivity contribution in [2.45, 2.75) is 13.5 Å². The minimum Gasteiger partial charge on any atom is -0.443 e. The smallest absolute Gasteiger partial charge is 0.439 e. The summed E-state index contributed by atoms with van der Waals surface area (Å²) in [7, 11) is -3.01. The number of carbonyl (C=O) groups is 1. The SMILES string of the molecule is CC1CN(N(C(=O)OCc2ccccc2)[SH](=O)=O)C1. The molecule has 1 aromatic rings. The first-order valence-electron chi connectivity index (χ1n) is 5.98. The number of ether oxygens (including phenoxy) is 1. The van der Waals surface area contributed by atoms with Gasteiger partial charge in [0.15, 0.2) is 0 Å². The van der Waals surface area contributed by atoms with Gasteiger partial charge in [-0.15, -0.1) is 4.41 Å². The molecule has 0 aromatic heterocycles. The van der Waals surface area contributed by atoms with E-state index in [4.69, 9.17) is 4.74 Å². The van der Waals surface area contributed by atoms with E-state index in [1.807, 2.05) is 25.1 Å². The van der Waals surface area contributed by atoms with Crippen LogP contribution >= 0.6 is 0 Å². The predicted octanol–water partition coefficient (Wildman–Crippen LogP) is 1.02. The Hall–Kier alpha value is -1.60. The second-order valence-corrected chi connectivity index (χ2v) is 5.40. The Balaban J connectivity index is 1.93. The Bertz CT molecular complexity index is 504. The fraction of sp³-hybridized carbons (Fsp3) is 0.417. The molecule has 1 aliphatic rings. The van der Waals surface area contributed by atoms with Crippen LogP contribution < -0.4 is 0 Å². The summed E-state index contributed by atoms with van der Waals surface area (Å²) in [5.41, 5.74) is 0.814. The van der Waals surface area contributed by atoms with Gasteiger partial charge in [-0.3, -0.25) is 0 Å². The molecular weight excluding hydrogens is 268 g/mol. The molecule has 0 spiro atoms. The average molecular weight is 284 g/mol. The molecule has 0 saturated carbocycles. The first kappa shape index (κ1) is 13.8. The zero-order valence-electron chi connectivity index (χ0n) is 10.6. The molecule has 0 aliphatic carbocycles. The highest BCUT2D eigenvalue weighted by Gasteiger charge is 2.34. The van der Waals surface area contributed by atoms with Gasteiger partial charge in [-0.25, -0.2) is 18.2 Å². The van der Waals surface area contributed by atoms with Crippen LogP contribution in [0.1, 0.15) is 12.5 Å². The molecular formula is C12H16N2O4S. The lowest BCUT2D eigenvalue weighted by atomic mass is 10.1. The molecule has 7 heteroatoms. The number of nitrogens with zero attached hydrogens (tertiary/aromatic N) is 2. The van der Waals surface area contributed by atoms with Crippen LogP contribution in [0.5, 0.6) is 0 Å². The highest BCUT2D eigenvalue weighted by atomic mass is 32.2.